The van der Waals surface area contributed by atoms with E-state index in [0.717, 1.165) is 32.1 Å². The Bertz CT molecular complexity index is 235. The van der Waals surface area contributed by atoms with E-state index in [9.17, 15) is 4.79 Å². The molecule has 1 fully saturated rings. The third-order valence-electron chi connectivity index (χ3n) is 4.11. The van der Waals surface area contributed by atoms with Crippen molar-refractivity contribution in [3.8, 4) is 0 Å². The Morgan fingerprint density at radius 2 is 1.94 bits per heavy atom. The summed E-state index contributed by atoms with van der Waals surface area (Å²) in [6, 6.07) is 0.294. The van der Waals surface area contributed by atoms with Gasteiger partial charge in [-0.1, -0.05) is 33.1 Å². The zero-order valence-corrected chi connectivity index (χ0v) is 12.0. The van der Waals surface area contributed by atoms with Gasteiger partial charge in [0.25, 0.3) is 0 Å². The number of hydrogen-bond donors (Lipinski definition) is 1. The van der Waals surface area contributed by atoms with Crippen molar-refractivity contribution in [3.05, 3.63) is 0 Å². The molecular weight excluding hydrogens is 226 g/mol. The van der Waals surface area contributed by atoms with Crippen LogP contribution in [-0.2, 0) is 9.53 Å². The maximum absolute atomic E-state index is 11.9. The predicted octanol–water partition coefficient (Wildman–Crippen LogP) is 3.26. The molecule has 3 nitrogen and oxygen atoms in total. The number of rotatable bonds is 7. The predicted molar refractivity (Wildman–Crippen MR) is 74.2 cm³/mol. The lowest BCUT2D eigenvalue weighted by molar-refractivity contribution is -0.151. The molecule has 1 rings (SSSR count). The van der Waals surface area contributed by atoms with Crippen molar-refractivity contribution in [1.82, 2.24) is 0 Å². The van der Waals surface area contributed by atoms with E-state index in [2.05, 4.69) is 13.8 Å². The van der Waals surface area contributed by atoms with Gasteiger partial charge in [-0.15, -0.1) is 0 Å². The van der Waals surface area contributed by atoms with Crippen LogP contribution in [0.1, 0.15) is 65.2 Å². The molecule has 1 aliphatic carbocycles. The van der Waals surface area contributed by atoms with Gasteiger partial charge in [-0.05, 0) is 38.0 Å². The molecule has 0 aliphatic heterocycles. The second-order valence-corrected chi connectivity index (χ2v) is 5.66. The van der Waals surface area contributed by atoms with Crippen molar-refractivity contribution >= 4 is 5.97 Å². The molecule has 18 heavy (non-hydrogen) atoms. The lowest BCUT2D eigenvalue weighted by Gasteiger charge is -2.25. The van der Waals surface area contributed by atoms with Crippen LogP contribution >= 0.6 is 0 Å². The zero-order valence-electron chi connectivity index (χ0n) is 12.0. The molecule has 106 valence electrons. The first-order chi connectivity index (χ1) is 8.67. The largest absolute Gasteiger partial charge is 0.465 e. The van der Waals surface area contributed by atoms with Crippen LogP contribution in [-0.4, -0.2) is 18.6 Å². The van der Waals surface area contributed by atoms with Gasteiger partial charge in [0.1, 0.15) is 0 Å². The topological polar surface area (TPSA) is 52.3 Å². The minimum atomic E-state index is 0.0110. The summed E-state index contributed by atoms with van der Waals surface area (Å²) in [4.78, 5) is 11.9. The van der Waals surface area contributed by atoms with E-state index in [1.165, 1.54) is 19.3 Å². The fourth-order valence-corrected chi connectivity index (χ4v) is 2.57. The lowest BCUT2D eigenvalue weighted by Crippen LogP contribution is -2.31. The molecule has 0 aromatic carbocycles. The average molecular weight is 255 g/mol. The van der Waals surface area contributed by atoms with Crippen molar-refractivity contribution in [3.63, 3.8) is 0 Å². The lowest BCUT2D eigenvalue weighted by atomic mass is 9.86. The van der Waals surface area contributed by atoms with Gasteiger partial charge in [0.15, 0.2) is 0 Å². The van der Waals surface area contributed by atoms with Crippen molar-refractivity contribution in [2.75, 3.05) is 6.61 Å². The van der Waals surface area contributed by atoms with Crippen LogP contribution in [0.15, 0.2) is 0 Å². The molecule has 0 aromatic heterocycles. The first kappa shape index (κ1) is 15.5. The Hall–Kier alpha value is -0.570. The first-order valence-electron chi connectivity index (χ1n) is 7.59. The molecule has 1 atom stereocenters. The van der Waals surface area contributed by atoms with E-state index in [4.69, 9.17) is 10.5 Å². The second kappa shape index (κ2) is 8.52. The van der Waals surface area contributed by atoms with E-state index < -0.39 is 0 Å². The van der Waals surface area contributed by atoms with Crippen molar-refractivity contribution in [2.45, 2.75) is 71.3 Å². The van der Waals surface area contributed by atoms with E-state index in [1.807, 2.05) is 0 Å². The minimum absolute atomic E-state index is 0.0110. The van der Waals surface area contributed by atoms with Crippen LogP contribution in [0.2, 0.25) is 0 Å². The summed E-state index contributed by atoms with van der Waals surface area (Å²) in [7, 11) is 0. The first-order valence-corrected chi connectivity index (χ1v) is 7.59. The van der Waals surface area contributed by atoms with Crippen LogP contribution in [0.4, 0.5) is 0 Å². The van der Waals surface area contributed by atoms with Crippen LogP contribution < -0.4 is 5.73 Å². The Balaban J connectivity index is 2.22. The highest BCUT2D eigenvalue weighted by Crippen LogP contribution is 2.24. The van der Waals surface area contributed by atoms with E-state index >= 15 is 0 Å². The summed E-state index contributed by atoms with van der Waals surface area (Å²) >= 11 is 0. The van der Waals surface area contributed by atoms with Crippen molar-refractivity contribution in [1.29, 1.82) is 0 Å². The molecular formula is C15H29NO2. The van der Waals surface area contributed by atoms with Gasteiger partial charge in [-0.25, -0.2) is 0 Å². The Kier molecular flexibility index (Phi) is 7.33. The minimum Gasteiger partial charge on any atom is -0.465 e. The molecule has 1 saturated carbocycles. The van der Waals surface area contributed by atoms with Gasteiger partial charge in [0, 0.05) is 6.04 Å². The van der Waals surface area contributed by atoms with E-state index in [0.29, 0.717) is 18.6 Å². The third-order valence-corrected chi connectivity index (χ3v) is 4.11. The maximum atomic E-state index is 11.9. The van der Waals surface area contributed by atoms with E-state index in [1.54, 1.807) is 0 Å². The number of carbonyl (C=O) groups excluding carboxylic acids is 1. The highest BCUT2D eigenvalue weighted by molar-refractivity contribution is 5.72. The number of hydrogen-bond acceptors (Lipinski definition) is 3. The molecule has 0 heterocycles. The molecule has 0 saturated heterocycles. The van der Waals surface area contributed by atoms with Gasteiger partial charge in [0.05, 0.1) is 12.5 Å². The fourth-order valence-electron chi connectivity index (χ4n) is 2.57. The number of esters is 1. The summed E-state index contributed by atoms with van der Waals surface area (Å²) in [6.45, 7) is 4.98. The Morgan fingerprint density at radius 1 is 1.28 bits per heavy atom. The molecule has 0 spiro atoms. The van der Waals surface area contributed by atoms with Crippen LogP contribution in [0.3, 0.4) is 0 Å². The summed E-state index contributed by atoms with van der Waals surface area (Å²) in [5, 5.41) is 0. The smallest absolute Gasteiger partial charge is 0.308 e. The quantitative estimate of drug-likeness (QED) is 0.710. The van der Waals surface area contributed by atoms with Crippen LogP contribution in [0.5, 0.6) is 0 Å². The number of carbonyl (C=O) groups is 1. The highest BCUT2D eigenvalue weighted by Gasteiger charge is 2.26. The number of unbranched alkanes of at least 4 members (excludes halogenated alkanes) is 1. The van der Waals surface area contributed by atoms with Crippen molar-refractivity contribution < 1.29 is 9.53 Å². The molecule has 3 heteroatoms. The Labute approximate surface area is 111 Å². The van der Waals surface area contributed by atoms with Crippen LogP contribution in [0.25, 0.3) is 0 Å². The average Bonchev–Trinajstić information content (AvgIpc) is 2.39. The molecule has 0 bridgehead atoms. The van der Waals surface area contributed by atoms with E-state index in [-0.39, 0.29) is 11.9 Å². The SMILES string of the molecule is CCCCC(CC)COC(=O)C1CCC(N)CC1. The number of nitrogens with two attached hydrogens (primary N) is 1. The summed E-state index contributed by atoms with van der Waals surface area (Å²) in [5.74, 6) is 0.657. The summed E-state index contributed by atoms with van der Waals surface area (Å²) in [6.07, 6.45) is 8.47. The highest BCUT2D eigenvalue weighted by atomic mass is 16.5. The summed E-state index contributed by atoms with van der Waals surface area (Å²) in [5.41, 5.74) is 5.84. The molecule has 0 aromatic rings. The normalized spacial score (nSPS) is 25.7. The standard InChI is InChI=1S/C15H29NO2/c1-3-5-6-12(4-2)11-18-15(17)13-7-9-14(16)10-8-13/h12-14H,3-11,16H2,1-2H3. The van der Waals surface area contributed by atoms with Gasteiger partial charge in [0.2, 0.25) is 0 Å². The molecule has 2 N–H and O–H groups in total. The zero-order chi connectivity index (χ0) is 13.4. The molecule has 0 amide bonds. The van der Waals surface area contributed by atoms with Gasteiger partial charge in [-0.2, -0.15) is 0 Å². The third kappa shape index (κ3) is 5.38. The second-order valence-electron chi connectivity index (χ2n) is 5.66. The molecule has 1 unspecified atom stereocenters. The monoisotopic (exact) mass is 255 g/mol. The van der Waals surface area contributed by atoms with Crippen molar-refractivity contribution in [2.24, 2.45) is 17.6 Å². The maximum Gasteiger partial charge on any atom is 0.308 e. The summed E-state index contributed by atoms with van der Waals surface area (Å²) < 4.78 is 5.49. The number of ether oxygens (including phenoxy) is 1. The molecule has 1 aliphatic rings. The fraction of sp³-hybridized carbons (Fsp3) is 0.933. The van der Waals surface area contributed by atoms with Gasteiger partial charge in [-0.3, -0.25) is 4.79 Å². The Morgan fingerprint density at radius 3 is 2.50 bits per heavy atom. The van der Waals surface area contributed by atoms with Gasteiger partial charge >= 0.3 is 5.97 Å². The molecule has 0 radical (unpaired) electrons. The van der Waals surface area contributed by atoms with Crippen LogP contribution in [0, 0.1) is 11.8 Å². The van der Waals surface area contributed by atoms with Gasteiger partial charge < -0.3 is 10.5 Å².